The second-order valence-electron chi connectivity index (χ2n) is 11.0. The van der Waals surface area contributed by atoms with Crippen molar-refractivity contribution in [2.45, 2.75) is 50.5 Å². The number of hydrogen-bond acceptors (Lipinski definition) is 7. The molecule has 0 bridgehead atoms. The zero-order chi connectivity index (χ0) is 27.9. The number of benzene rings is 1. The van der Waals surface area contributed by atoms with Gasteiger partial charge in [-0.1, -0.05) is 20.8 Å². The predicted molar refractivity (Wildman–Crippen MR) is 143 cm³/mol. The molecule has 0 radical (unpaired) electrons. The van der Waals surface area contributed by atoms with Crippen LogP contribution in [0.5, 0.6) is 0 Å². The standard InChI is InChI=1S/C26H33N7O4S/c1-25(2,3)24(35)32-16-12-26(11-14-27,13-17-32)33-20-10-15-28-23(34)21(20)22(30-33)29-18-6-8-19(9-7-18)38(36,37)31(4)5/h6-10,15,21H,11-13,16-17H2,1-5H3,(H,29,30). The molecule has 1 N–H and O–H groups in total. The molecule has 0 saturated carbocycles. The molecule has 3 heterocycles. The van der Waals surface area contributed by atoms with Gasteiger partial charge in [-0.3, -0.25) is 20.0 Å². The molecule has 1 aromatic rings. The summed E-state index contributed by atoms with van der Waals surface area (Å²) in [5.74, 6) is -0.728. The fraction of sp³-hybridized carbons (Fsp3) is 0.500. The van der Waals surface area contributed by atoms with Crippen molar-refractivity contribution < 1.29 is 18.0 Å². The number of carbonyl (C=O) groups excluding carboxylic acids is 2. The van der Waals surface area contributed by atoms with E-state index < -0.39 is 26.9 Å². The highest BCUT2D eigenvalue weighted by Crippen LogP contribution is 2.40. The van der Waals surface area contributed by atoms with E-state index in [9.17, 15) is 23.3 Å². The lowest BCUT2D eigenvalue weighted by molar-refractivity contribution is -0.142. The van der Waals surface area contributed by atoms with Crippen LogP contribution in [0.25, 0.3) is 0 Å². The molecule has 1 atom stereocenters. The Balaban J connectivity index is 1.65. The highest BCUT2D eigenvalue weighted by Gasteiger charge is 2.50. The van der Waals surface area contributed by atoms with Gasteiger partial charge in [-0.25, -0.2) is 22.7 Å². The van der Waals surface area contributed by atoms with Crippen LogP contribution in [0.2, 0.25) is 0 Å². The summed E-state index contributed by atoms with van der Waals surface area (Å²) in [6.07, 6.45) is 4.47. The number of sulfonamides is 1. The van der Waals surface area contributed by atoms with Crippen LogP contribution in [0.15, 0.2) is 50.9 Å². The number of rotatable bonds is 5. The van der Waals surface area contributed by atoms with Gasteiger partial charge in [0.05, 0.1) is 34.3 Å². The number of amidine groups is 1. The maximum atomic E-state index is 12.9. The number of aliphatic imine (C=N–C) groups is 2. The van der Waals surface area contributed by atoms with Crippen LogP contribution in [0.1, 0.15) is 40.0 Å². The summed E-state index contributed by atoms with van der Waals surface area (Å²) in [4.78, 5) is 36.3. The van der Waals surface area contributed by atoms with Crippen molar-refractivity contribution in [3.05, 3.63) is 36.0 Å². The van der Waals surface area contributed by atoms with E-state index in [0.717, 1.165) is 4.31 Å². The molecule has 2 saturated heterocycles. The quantitative estimate of drug-likeness (QED) is 0.605. The lowest BCUT2D eigenvalue weighted by Crippen LogP contribution is -2.59. The van der Waals surface area contributed by atoms with Gasteiger partial charge < -0.3 is 4.90 Å². The van der Waals surface area contributed by atoms with E-state index in [4.69, 9.17) is 0 Å². The van der Waals surface area contributed by atoms with E-state index in [-0.39, 0.29) is 23.1 Å². The normalized spacial score (nSPS) is 22.2. The van der Waals surface area contributed by atoms with Gasteiger partial charge in [0.25, 0.3) is 5.91 Å². The van der Waals surface area contributed by atoms with Gasteiger partial charge in [0.15, 0.2) is 0 Å². The Hall–Kier alpha value is -3.56. The molecule has 0 spiro atoms. The molecule has 2 fully saturated rings. The molecule has 11 nitrogen and oxygen atoms in total. The number of amides is 2. The SMILES string of the molecule is CN(C)S(=O)(=O)c1ccc(N=C2NN(C3(CC#N)CCN(C(=O)C(C)(C)C)CC3)C3=CC=NC(=O)C32)cc1. The number of likely N-dealkylation sites (tertiary alicyclic amines) is 1. The molecule has 0 aromatic heterocycles. The summed E-state index contributed by atoms with van der Waals surface area (Å²) in [7, 11) is -0.662. The van der Waals surface area contributed by atoms with E-state index in [1.807, 2.05) is 30.7 Å². The molecular formula is C26H33N7O4S. The van der Waals surface area contributed by atoms with Crippen LogP contribution in [-0.4, -0.2) is 79.2 Å². The topological polar surface area (TPSA) is 139 Å². The first kappa shape index (κ1) is 27.5. The maximum absolute atomic E-state index is 12.9. The summed E-state index contributed by atoms with van der Waals surface area (Å²) >= 11 is 0. The third-order valence-corrected chi connectivity index (χ3v) is 8.95. The molecule has 2 amide bonds. The summed E-state index contributed by atoms with van der Waals surface area (Å²) < 4.78 is 25.9. The Kier molecular flexibility index (Phi) is 7.20. The Bertz CT molecular complexity index is 1360. The molecule has 0 aliphatic carbocycles. The number of carbonyl (C=O) groups is 2. The van der Waals surface area contributed by atoms with E-state index >= 15 is 0 Å². The number of dihydropyridines is 1. The number of hydrogen-bond donors (Lipinski definition) is 1. The first-order valence-electron chi connectivity index (χ1n) is 12.4. The third kappa shape index (κ3) is 4.96. The minimum Gasteiger partial charge on any atom is -0.342 e. The monoisotopic (exact) mass is 539 g/mol. The Morgan fingerprint density at radius 3 is 2.42 bits per heavy atom. The van der Waals surface area contributed by atoms with Crippen molar-refractivity contribution in [2.24, 2.45) is 21.3 Å². The van der Waals surface area contributed by atoms with Gasteiger partial charge in [0, 0.05) is 38.8 Å². The molecule has 1 unspecified atom stereocenters. The number of hydrazine groups is 1. The maximum Gasteiger partial charge on any atom is 0.262 e. The van der Waals surface area contributed by atoms with Gasteiger partial charge in [0.2, 0.25) is 15.9 Å². The van der Waals surface area contributed by atoms with E-state index in [2.05, 4.69) is 21.5 Å². The number of allylic oxidation sites excluding steroid dienone is 1. The van der Waals surface area contributed by atoms with Crippen LogP contribution < -0.4 is 5.43 Å². The van der Waals surface area contributed by atoms with Crippen molar-refractivity contribution in [3.8, 4) is 6.07 Å². The van der Waals surface area contributed by atoms with Crippen LogP contribution in [0, 0.1) is 22.7 Å². The Morgan fingerprint density at radius 2 is 1.87 bits per heavy atom. The zero-order valence-corrected chi connectivity index (χ0v) is 23.1. The molecular weight excluding hydrogens is 506 g/mol. The highest BCUT2D eigenvalue weighted by molar-refractivity contribution is 7.89. The molecule has 12 heteroatoms. The summed E-state index contributed by atoms with van der Waals surface area (Å²) in [5.41, 5.74) is 3.25. The van der Waals surface area contributed by atoms with Crippen molar-refractivity contribution in [2.75, 3.05) is 27.2 Å². The molecule has 38 heavy (non-hydrogen) atoms. The molecule has 4 rings (SSSR count). The number of piperidine rings is 1. The summed E-state index contributed by atoms with van der Waals surface area (Å²) in [5, 5.41) is 11.6. The summed E-state index contributed by atoms with van der Waals surface area (Å²) in [6, 6.07) is 8.40. The number of nitrogens with zero attached hydrogens (tertiary/aromatic N) is 6. The first-order valence-corrected chi connectivity index (χ1v) is 13.9. The lowest BCUT2D eigenvalue weighted by Gasteiger charge is -2.48. The Morgan fingerprint density at radius 1 is 1.24 bits per heavy atom. The highest BCUT2D eigenvalue weighted by atomic mass is 32.2. The molecule has 202 valence electrons. The van der Waals surface area contributed by atoms with Crippen LogP contribution >= 0.6 is 0 Å². The largest absolute Gasteiger partial charge is 0.342 e. The molecule has 1 aromatic carbocycles. The number of nitrogens with one attached hydrogen (secondary N) is 1. The number of nitriles is 1. The van der Waals surface area contributed by atoms with Gasteiger partial charge in [-0.05, 0) is 43.2 Å². The first-order chi connectivity index (χ1) is 17.8. The van der Waals surface area contributed by atoms with E-state index in [0.29, 0.717) is 43.2 Å². The van der Waals surface area contributed by atoms with Crippen LogP contribution in [0.4, 0.5) is 5.69 Å². The van der Waals surface area contributed by atoms with E-state index in [1.54, 1.807) is 18.2 Å². The van der Waals surface area contributed by atoms with Crippen molar-refractivity contribution in [1.29, 1.82) is 5.26 Å². The average molecular weight is 540 g/mol. The minimum atomic E-state index is -3.59. The van der Waals surface area contributed by atoms with Gasteiger partial charge in [-0.15, -0.1) is 0 Å². The van der Waals surface area contributed by atoms with Crippen molar-refractivity contribution in [3.63, 3.8) is 0 Å². The third-order valence-electron chi connectivity index (χ3n) is 7.12. The van der Waals surface area contributed by atoms with Gasteiger partial charge in [-0.2, -0.15) is 5.26 Å². The fourth-order valence-electron chi connectivity index (χ4n) is 4.94. The smallest absolute Gasteiger partial charge is 0.262 e. The number of fused-ring (bicyclic) bond motifs is 1. The average Bonchev–Trinajstić information content (AvgIpc) is 3.24. The predicted octanol–water partition coefficient (Wildman–Crippen LogP) is 2.22. The second kappa shape index (κ2) is 9.96. The van der Waals surface area contributed by atoms with Gasteiger partial charge >= 0.3 is 0 Å². The van der Waals surface area contributed by atoms with Gasteiger partial charge in [0.1, 0.15) is 11.8 Å². The Labute approximate surface area is 223 Å². The summed E-state index contributed by atoms with van der Waals surface area (Å²) in [6.45, 7) is 6.65. The fourth-order valence-corrected chi connectivity index (χ4v) is 5.84. The molecule has 3 aliphatic rings. The van der Waals surface area contributed by atoms with Crippen LogP contribution in [0.3, 0.4) is 0 Å². The van der Waals surface area contributed by atoms with E-state index in [1.165, 1.54) is 32.4 Å². The zero-order valence-electron chi connectivity index (χ0n) is 22.3. The minimum absolute atomic E-state index is 0.0662. The van der Waals surface area contributed by atoms with Crippen molar-refractivity contribution >= 4 is 39.6 Å². The molecule has 3 aliphatic heterocycles. The lowest BCUT2D eigenvalue weighted by atomic mass is 9.82. The van der Waals surface area contributed by atoms with Crippen molar-refractivity contribution in [1.82, 2.24) is 19.6 Å². The second-order valence-corrected chi connectivity index (χ2v) is 13.1. The van der Waals surface area contributed by atoms with Crippen LogP contribution in [-0.2, 0) is 19.6 Å².